The molecule has 0 N–H and O–H groups in total. The minimum Gasteiger partial charge on any atom is -0.455 e. The van der Waals surface area contributed by atoms with Crippen LogP contribution in [0.15, 0.2) is 150 Å². The molecule has 9 aromatic rings. The van der Waals surface area contributed by atoms with Crippen molar-refractivity contribution in [1.82, 2.24) is 9.97 Å². The maximum Gasteiger partial charge on any atom is 0.160 e. The molecule has 0 amide bonds. The van der Waals surface area contributed by atoms with Crippen LogP contribution in [-0.4, -0.2) is 9.97 Å². The fourth-order valence-electron chi connectivity index (χ4n) is 6.33. The average Bonchev–Trinajstić information content (AvgIpc) is 3.47. The summed E-state index contributed by atoms with van der Waals surface area (Å²) in [5, 5.41) is 7.89. The zero-order valence-electron chi connectivity index (χ0n) is 23.2. The Labute approximate surface area is 247 Å². The van der Waals surface area contributed by atoms with E-state index in [1.54, 1.807) is 0 Å². The normalized spacial score (nSPS) is 11.7. The van der Waals surface area contributed by atoms with Gasteiger partial charge in [0.15, 0.2) is 5.82 Å². The van der Waals surface area contributed by atoms with Crippen LogP contribution in [0.4, 0.5) is 0 Å². The zero-order valence-corrected chi connectivity index (χ0v) is 23.2. The molecule has 0 radical (unpaired) electrons. The molecule has 0 aliphatic heterocycles. The summed E-state index contributed by atoms with van der Waals surface area (Å²) in [5.74, 6) is 0.713. The fourth-order valence-corrected chi connectivity index (χ4v) is 6.33. The number of hydrogen-bond acceptors (Lipinski definition) is 3. The van der Waals surface area contributed by atoms with Crippen LogP contribution < -0.4 is 0 Å². The fraction of sp³-hybridized carbons (Fsp3) is 0. The first-order chi connectivity index (χ1) is 21.3. The number of rotatable bonds is 3. The molecule has 200 valence electrons. The highest BCUT2D eigenvalue weighted by Gasteiger charge is 2.15. The largest absolute Gasteiger partial charge is 0.455 e. The van der Waals surface area contributed by atoms with Crippen LogP contribution in [0.3, 0.4) is 0 Å². The highest BCUT2D eigenvalue weighted by Crippen LogP contribution is 2.37. The van der Waals surface area contributed by atoms with E-state index in [4.69, 9.17) is 14.4 Å². The Morgan fingerprint density at radius 1 is 0.395 bits per heavy atom. The van der Waals surface area contributed by atoms with Crippen molar-refractivity contribution in [3.63, 3.8) is 0 Å². The van der Waals surface area contributed by atoms with E-state index < -0.39 is 0 Å². The molecule has 2 heterocycles. The Kier molecular flexibility index (Phi) is 5.20. The SMILES string of the molecule is c1ccc(-c2nc(-c3cccc(-c4ccc5ccc6c7ccccc7oc6c5c4)c3)nc3c2ccc2ccccc23)cc1. The van der Waals surface area contributed by atoms with Gasteiger partial charge in [-0.15, -0.1) is 0 Å². The van der Waals surface area contributed by atoms with Crippen molar-refractivity contribution in [3.05, 3.63) is 146 Å². The summed E-state index contributed by atoms with van der Waals surface area (Å²) in [5.41, 5.74) is 8.02. The van der Waals surface area contributed by atoms with Crippen LogP contribution >= 0.6 is 0 Å². The number of benzene rings is 7. The third kappa shape index (κ3) is 3.83. The average molecular weight is 549 g/mol. The highest BCUT2D eigenvalue weighted by atomic mass is 16.3. The van der Waals surface area contributed by atoms with Crippen molar-refractivity contribution in [2.45, 2.75) is 0 Å². The van der Waals surface area contributed by atoms with E-state index in [1.165, 1.54) is 5.39 Å². The standard InChI is InChI=1S/C40H24N2O/c1-2-10-27(11-3-1)37-34-22-20-25-9-4-5-14-31(25)38(34)42-40(41-37)30-13-8-12-28(23-30)29-18-17-26-19-21-33-32-15-6-7-16-36(32)43-39(33)35(26)24-29/h1-24H. The van der Waals surface area contributed by atoms with Crippen molar-refractivity contribution in [2.75, 3.05) is 0 Å². The van der Waals surface area contributed by atoms with Gasteiger partial charge in [0.1, 0.15) is 11.2 Å². The molecule has 0 bridgehead atoms. The van der Waals surface area contributed by atoms with E-state index in [2.05, 4.69) is 127 Å². The van der Waals surface area contributed by atoms with Crippen LogP contribution in [0.5, 0.6) is 0 Å². The number of aromatic nitrogens is 2. The number of furan rings is 1. The summed E-state index contributed by atoms with van der Waals surface area (Å²) in [4.78, 5) is 10.4. The maximum atomic E-state index is 6.36. The van der Waals surface area contributed by atoms with Crippen LogP contribution in [0.25, 0.3) is 88.2 Å². The molecule has 0 saturated carbocycles. The second kappa shape index (κ2) is 9.37. The molecule has 0 unspecified atom stereocenters. The van der Waals surface area contributed by atoms with E-state index >= 15 is 0 Å². The van der Waals surface area contributed by atoms with Gasteiger partial charge in [-0.3, -0.25) is 0 Å². The molecule has 0 fully saturated rings. The van der Waals surface area contributed by atoms with E-state index in [-0.39, 0.29) is 0 Å². The van der Waals surface area contributed by atoms with Gasteiger partial charge in [-0.1, -0.05) is 115 Å². The predicted octanol–water partition coefficient (Wildman–Crippen LogP) is 10.8. The summed E-state index contributed by atoms with van der Waals surface area (Å²) in [6.45, 7) is 0. The second-order valence-electron chi connectivity index (χ2n) is 11.0. The van der Waals surface area contributed by atoms with Crippen molar-refractivity contribution < 1.29 is 4.42 Å². The molecule has 0 aliphatic rings. The number of nitrogens with zero attached hydrogens (tertiary/aromatic N) is 2. The van der Waals surface area contributed by atoms with Gasteiger partial charge in [0, 0.05) is 38.1 Å². The third-order valence-corrected chi connectivity index (χ3v) is 8.45. The monoisotopic (exact) mass is 548 g/mol. The summed E-state index contributed by atoms with van der Waals surface area (Å²) in [7, 11) is 0. The Morgan fingerprint density at radius 3 is 1.98 bits per heavy atom. The minimum atomic E-state index is 0.713. The Morgan fingerprint density at radius 2 is 1.07 bits per heavy atom. The predicted molar refractivity (Wildman–Crippen MR) is 178 cm³/mol. The molecular weight excluding hydrogens is 524 g/mol. The lowest BCUT2D eigenvalue weighted by atomic mass is 9.98. The van der Waals surface area contributed by atoms with Crippen molar-refractivity contribution in [2.24, 2.45) is 0 Å². The van der Waals surface area contributed by atoms with Gasteiger partial charge in [0.2, 0.25) is 0 Å². The van der Waals surface area contributed by atoms with Crippen LogP contribution in [-0.2, 0) is 0 Å². The van der Waals surface area contributed by atoms with Gasteiger partial charge in [0.05, 0.1) is 11.2 Å². The first-order valence-electron chi connectivity index (χ1n) is 14.5. The molecule has 3 nitrogen and oxygen atoms in total. The van der Waals surface area contributed by atoms with E-state index in [9.17, 15) is 0 Å². The van der Waals surface area contributed by atoms with Gasteiger partial charge in [0.25, 0.3) is 0 Å². The second-order valence-corrected chi connectivity index (χ2v) is 11.0. The van der Waals surface area contributed by atoms with Crippen LogP contribution in [0.2, 0.25) is 0 Å². The summed E-state index contributed by atoms with van der Waals surface area (Å²) < 4.78 is 6.36. The lowest BCUT2D eigenvalue weighted by Crippen LogP contribution is -1.96. The highest BCUT2D eigenvalue weighted by molar-refractivity contribution is 6.15. The van der Waals surface area contributed by atoms with E-state index in [0.29, 0.717) is 5.82 Å². The third-order valence-electron chi connectivity index (χ3n) is 8.45. The van der Waals surface area contributed by atoms with Crippen LogP contribution in [0.1, 0.15) is 0 Å². The molecule has 3 heteroatoms. The molecule has 9 rings (SSSR count). The summed E-state index contributed by atoms with van der Waals surface area (Å²) in [6, 6.07) is 50.8. The Bertz CT molecular complexity index is 2510. The van der Waals surface area contributed by atoms with Crippen molar-refractivity contribution >= 4 is 54.4 Å². The van der Waals surface area contributed by atoms with Crippen LogP contribution in [0, 0.1) is 0 Å². The van der Waals surface area contributed by atoms with Crippen molar-refractivity contribution in [1.29, 1.82) is 0 Å². The van der Waals surface area contributed by atoms with Gasteiger partial charge in [-0.05, 0) is 52.2 Å². The molecule has 2 aromatic heterocycles. The zero-order chi connectivity index (χ0) is 28.3. The maximum absolute atomic E-state index is 6.36. The van der Waals surface area contributed by atoms with Gasteiger partial charge >= 0.3 is 0 Å². The number of para-hydroxylation sites is 1. The molecule has 43 heavy (non-hydrogen) atoms. The quantitative estimate of drug-likeness (QED) is 0.206. The van der Waals surface area contributed by atoms with Gasteiger partial charge in [-0.2, -0.15) is 0 Å². The number of fused-ring (bicyclic) bond motifs is 8. The minimum absolute atomic E-state index is 0.713. The molecule has 7 aromatic carbocycles. The molecule has 0 spiro atoms. The summed E-state index contributed by atoms with van der Waals surface area (Å²) in [6.07, 6.45) is 0. The van der Waals surface area contributed by atoms with Gasteiger partial charge in [-0.25, -0.2) is 9.97 Å². The topological polar surface area (TPSA) is 38.9 Å². The van der Waals surface area contributed by atoms with Crippen molar-refractivity contribution in [3.8, 4) is 33.8 Å². The lowest BCUT2D eigenvalue weighted by molar-refractivity contribution is 0.672. The van der Waals surface area contributed by atoms with E-state index in [1.807, 2.05) is 18.2 Å². The summed E-state index contributed by atoms with van der Waals surface area (Å²) >= 11 is 0. The van der Waals surface area contributed by atoms with Gasteiger partial charge < -0.3 is 4.42 Å². The molecular formula is C40H24N2O. The first-order valence-corrected chi connectivity index (χ1v) is 14.5. The first kappa shape index (κ1) is 23.9. The molecule has 0 aliphatic carbocycles. The molecule has 0 atom stereocenters. The van der Waals surface area contributed by atoms with E-state index in [0.717, 1.165) is 76.9 Å². The molecule has 0 saturated heterocycles. The Hall–Kier alpha value is -5.80. The lowest BCUT2D eigenvalue weighted by Gasteiger charge is -2.12. The Balaban J connectivity index is 1.24. The smallest absolute Gasteiger partial charge is 0.160 e. The number of hydrogen-bond donors (Lipinski definition) is 0.